The van der Waals surface area contributed by atoms with Gasteiger partial charge in [-0.05, 0) is 13.3 Å². The van der Waals surface area contributed by atoms with E-state index in [1.54, 1.807) is 6.92 Å². The summed E-state index contributed by atoms with van der Waals surface area (Å²) in [6.45, 7) is 3.19. The molecule has 6 heteroatoms. The molecule has 0 unspecified atom stereocenters. The highest BCUT2D eigenvalue weighted by Crippen LogP contribution is 2.07. The Bertz CT molecular complexity index is 272. The Morgan fingerprint density at radius 1 is 1.20 bits per heavy atom. The molecule has 0 radical (unpaired) electrons. The third-order valence-corrected chi connectivity index (χ3v) is 1.29. The lowest BCUT2D eigenvalue weighted by Crippen LogP contribution is -2.14. The Morgan fingerprint density at radius 2 is 1.80 bits per heavy atom. The molecule has 0 spiro atoms. The van der Waals surface area contributed by atoms with E-state index in [9.17, 15) is 14.0 Å². The van der Waals surface area contributed by atoms with Gasteiger partial charge < -0.3 is 14.6 Å². The molecule has 0 saturated heterocycles. The standard InChI is InChI=1S/C9H13FO5/c1-3-5-15-9(13)7(11)6(10)8(12)14-4-2/h11H,3-5H2,1-2H3/b7-6+. The zero-order valence-corrected chi connectivity index (χ0v) is 8.58. The maximum absolute atomic E-state index is 12.9. The molecule has 0 saturated carbocycles. The third-order valence-electron chi connectivity index (χ3n) is 1.29. The summed E-state index contributed by atoms with van der Waals surface area (Å²) in [5.74, 6) is -5.66. The van der Waals surface area contributed by atoms with Crippen molar-refractivity contribution >= 4 is 11.9 Å². The highest BCUT2D eigenvalue weighted by molar-refractivity contribution is 5.96. The molecule has 0 amide bonds. The lowest BCUT2D eigenvalue weighted by Gasteiger charge is -2.03. The summed E-state index contributed by atoms with van der Waals surface area (Å²) >= 11 is 0. The average molecular weight is 220 g/mol. The Kier molecular flexibility index (Phi) is 6.08. The summed E-state index contributed by atoms with van der Waals surface area (Å²) in [6.07, 6.45) is 0.528. The second kappa shape index (κ2) is 6.80. The zero-order chi connectivity index (χ0) is 11.8. The summed E-state index contributed by atoms with van der Waals surface area (Å²) in [5.41, 5.74) is 0. The zero-order valence-electron chi connectivity index (χ0n) is 8.58. The van der Waals surface area contributed by atoms with Crippen molar-refractivity contribution in [1.29, 1.82) is 0 Å². The number of halogens is 1. The van der Waals surface area contributed by atoms with Gasteiger partial charge in [-0.1, -0.05) is 6.92 Å². The predicted molar refractivity (Wildman–Crippen MR) is 48.6 cm³/mol. The molecule has 0 fully saturated rings. The fourth-order valence-electron chi connectivity index (χ4n) is 0.644. The number of esters is 2. The van der Waals surface area contributed by atoms with Crippen LogP contribution in [-0.4, -0.2) is 30.3 Å². The first-order valence-corrected chi connectivity index (χ1v) is 4.47. The van der Waals surface area contributed by atoms with E-state index < -0.39 is 23.5 Å². The normalized spacial score (nSPS) is 11.7. The van der Waals surface area contributed by atoms with Gasteiger partial charge in [0.2, 0.25) is 5.76 Å². The minimum Gasteiger partial charge on any atom is -0.500 e. The van der Waals surface area contributed by atoms with Crippen molar-refractivity contribution in [2.75, 3.05) is 13.2 Å². The minimum absolute atomic E-state index is 0.0407. The second-order valence-corrected chi connectivity index (χ2v) is 2.52. The lowest BCUT2D eigenvalue weighted by atomic mass is 10.4. The van der Waals surface area contributed by atoms with Crippen LogP contribution in [-0.2, 0) is 19.1 Å². The first kappa shape index (κ1) is 13.4. The Labute approximate surface area is 86.5 Å². The molecule has 86 valence electrons. The number of ether oxygens (including phenoxy) is 2. The highest BCUT2D eigenvalue weighted by Gasteiger charge is 2.22. The molecule has 0 aliphatic rings. The molecule has 0 rings (SSSR count). The summed E-state index contributed by atoms with van der Waals surface area (Å²) in [6, 6.07) is 0. The van der Waals surface area contributed by atoms with Crippen molar-refractivity contribution in [3.63, 3.8) is 0 Å². The van der Waals surface area contributed by atoms with Gasteiger partial charge in [0.05, 0.1) is 13.2 Å². The van der Waals surface area contributed by atoms with Crippen LogP contribution in [0.3, 0.4) is 0 Å². The van der Waals surface area contributed by atoms with Gasteiger partial charge in [0.25, 0.3) is 5.83 Å². The lowest BCUT2D eigenvalue weighted by molar-refractivity contribution is -0.145. The molecule has 0 aliphatic carbocycles. The number of aliphatic hydroxyl groups is 1. The van der Waals surface area contributed by atoms with Gasteiger partial charge in [-0.3, -0.25) is 0 Å². The molecule has 0 aromatic heterocycles. The molecule has 15 heavy (non-hydrogen) atoms. The second-order valence-electron chi connectivity index (χ2n) is 2.52. The van der Waals surface area contributed by atoms with Crippen molar-refractivity contribution in [3.05, 3.63) is 11.6 Å². The van der Waals surface area contributed by atoms with E-state index in [0.717, 1.165) is 0 Å². The van der Waals surface area contributed by atoms with Crippen LogP contribution in [0.2, 0.25) is 0 Å². The van der Waals surface area contributed by atoms with Gasteiger partial charge in [-0.25, -0.2) is 9.59 Å². The van der Waals surface area contributed by atoms with Crippen molar-refractivity contribution in [2.45, 2.75) is 20.3 Å². The Morgan fingerprint density at radius 3 is 2.27 bits per heavy atom. The van der Waals surface area contributed by atoms with E-state index in [2.05, 4.69) is 9.47 Å². The largest absolute Gasteiger partial charge is 0.500 e. The van der Waals surface area contributed by atoms with E-state index >= 15 is 0 Å². The number of aliphatic hydroxyl groups excluding tert-OH is 1. The fourth-order valence-corrected chi connectivity index (χ4v) is 0.644. The molecule has 0 bridgehead atoms. The van der Waals surface area contributed by atoms with Gasteiger partial charge in [0, 0.05) is 0 Å². The van der Waals surface area contributed by atoms with Crippen LogP contribution >= 0.6 is 0 Å². The van der Waals surface area contributed by atoms with Crippen LogP contribution < -0.4 is 0 Å². The molecule has 1 N–H and O–H groups in total. The Hall–Kier alpha value is -1.59. The molecule has 0 aliphatic heterocycles. The van der Waals surface area contributed by atoms with Crippen LogP contribution in [0.25, 0.3) is 0 Å². The van der Waals surface area contributed by atoms with Gasteiger partial charge in [0.1, 0.15) is 0 Å². The molecule has 5 nitrogen and oxygen atoms in total. The van der Waals surface area contributed by atoms with Crippen molar-refractivity contribution < 1.29 is 28.6 Å². The quantitative estimate of drug-likeness (QED) is 0.428. The third kappa shape index (κ3) is 4.44. The first-order chi connectivity index (χ1) is 7.04. The van der Waals surface area contributed by atoms with Gasteiger partial charge in [-0.15, -0.1) is 0 Å². The van der Waals surface area contributed by atoms with Crippen LogP contribution in [0.15, 0.2) is 11.6 Å². The van der Waals surface area contributed by atoms with Crippen LogP contribution in [0.5, 0.6) is 0 Å². The summed E-state index contributed by atoms with van der Waals surface area (Å²) in [5, 5.41) is 8.94. The van der Waals surface area contributed by atoms with E-state index in [1.807, 2.05) is 0 Å². The maximum Gasteiger partial charge on any atom is 0.376 e. The number of rotatable bonds is 5. The molecular weight excluding hydrogens is 207 g/mol. The van der Waals surface area contributed by atoms with Crippen LogP contribution in [0.4, 0.5) is 4.39 Å². The monoisotopic (exact) mass is 220 g/mol. The highest BCUT2D eigenvalue weighted by atomic mass is 19.1. The van der Waals surface area contributed by atoms with Crippen LogP contribution in [0.1, 0.15) is 20.3 Å². The number of hydrogen-bond acceptors (Lipinski definition) is 5. The van der Waals surface area contributed by atoms with E-state index in [0.29, 0.717) is 6.42 Å². The van der Waals surface area contributed by atoms with Gasteiger partial charge >= 0.3 is 11.9 Å². The van der Waals surface area contributed by atoms with E-state index in [1.165, 1.54) is 6.92 Å². The number of carbonyl (C=O) groups is 2. The summed E-state index contributed by atoms with van der Waals surface area (Å²) < 4.78 is 21.6. The molecule has 0 aromatic rings. The van der Waals surface area contributed by atoms with E-state index in [-0.39, 0.29) is 13.2 Å². The minimum atomic E-state index is -1.64. The summed E-state index contributed by atoms with van der Waals surface area (Å²) in [4.78, 5) is 21.6. The smallest absolute Gasteiger partial charge is 0.376 e. The van der Waals surface area contributed by atoms with Crippen LogP contribution in [0, 0.1) is 0 Å². The summed E-state index contributed by atoms with van der Waals surface area (Å²) in [7, 11) is 0. The number of hydrogen-bond donors (Lipinski definition) is 1. The molecular formula is C9H13FO5. The Balaban J connectivity index is 4.48. The fraction of sp³-hybridized carbons (Fsp3) is 0.556. The molecule has 0 aromatic carbocycles. The average Bonchev–Trinajstić information content (AvgIpc) is 2.24. The SMILES string of the molecule is CCCOC(=O)/C(O)=C(\F)C(=O)OCC. The maximum atomic E-state index is 12.9. The van der Waals surface area contributed by atoms with Crippen molar-refractivity contribution in [1.82, 2.24) is 0 Å². The predicted octanol–water partition coefficient (Wildman–Crippen LogP) is 1.24. The molecule has 0 atom stereocenters. The van der Waals surface area contributed by atoms with Crippen molar-refractivity contribution in [2.24, 2.45) is 0 Å². The number of carbonyl (C=O) groups excluding carboxylic acids is 2. The topological polar surface area (TPSA) is 72.8 Å². The van der Waals surface area contributed by atoms with Gasteiger partial charge in [-0.2, -0.15) is 4.39 Å². The van der Waals surface area contributed by atoms with Gasteiger partial charge in [0.15, 0.2) is 0 Å². The van der Waals surface area contributed by atoms with E-state index in [4.69, 9.17) is 5.11 Å². The molecule has 0 heterocycles. The van der Waals surface area contributed by atoms with Crippen molar-refractivity contribution in [3.8, 4) is 0 Å². The first-order valence-electron chi connectivity index (χ1n) is 4.47.